The number of aromatic nitrogens is 3. The summed E-state index contributed by atoms with van der Waals surface area (Å²) in [5.41, 5.74) is 11.6. The first-order chi connectivity index (χ1) is 26.0. The van der Waals surface area contributed by atoms with E-state index in [9.17, 15) is 0 Å². The van der Waals surface area contributed by atoms with Crippen LogP contribution in [0.25, 0.3) is 65.5 Å². The molecule has 9 aromatic rings. The molecule has 0 radical (unpaired) electrons. The van der Waals surface area contributed by atoms with Gasteiger partial charge in [0.25, 0.3) is 0 Å². The molecule has 0 N–H and O–H groups in total. The smallest absolute Gasteiger partial charge is 0.164 e. The maximum absolute atomic E-state index is 5.10. The average molecular weight is 699 g/mol. The number of hydrogen-bond acceptors (Lipinski definition) is 5. The van der Waals surface area contributed by atoms with Crippen molar-refractivity contribution in [1.82, 2.24) is 15.0 Å². The highest BCUT2D eigenvalue weighted by Crippen LogP contribution is 2.54. The van der Waals surface area contributed by atoms with Gasteiger partial charge in [0.15, 0.2) is 17.5 Å². The molecule has 0 bridgehead atoms. The molecule has 1 aliphatic rings. The lowest BCUT2D eigenvalue weighted by Crippen LogP contribution is -2.16. The molecule has 0 unspecified atom stereocenters. The van der Waals surface area contributed by atoms with E-state index < -0.39 is 0 Å². The molecular weight excluding hydrogens is 665 g/mol. The summed E-state index contributed by atoms with van der Waals surface area (Å²) in [7, 11) is 0. The molecule has 0 amide bonds. The van der Waals surface area contributed by atoms with Gasteiger partial charge in [-0.25, -0.2) is 15.0 Å². The van der Waals surface area contributed by atoms with Gasteiger partial charge >= 0.3 is 0 Å². The maximum atomic E-state index is 5.10. The first-order valence-electron chi connectivity index (χ1n) is 18.0. The second kappa shape index (κ2) is 12.4. The molecule has 1 aliphatic carbocycles. The third-order valence-corrected chi connectivity index (χ3v) is 11.6. The van der Waals surface area contributed by atoms with Crippen LogP contribution in [0.3, 0.4) is 0 Å². The molecular formula is C48H34N4S. The minimum atomic E-state index is -0.0914. The van der Waals surface area contributed by atoms with Gasteiger partial charge in [-0.3, -0.25) is 0 Å². The Morgan fingerprint density at radius 2 is 1.06 bits per heavy atom. The summed E-state index contributed by atoms with van der Waals surface area (Å²) >= 11 is 1.81. The number of thiophene rings is 1. The van der Waals surface area contributed by atoms with Crippen LogP contribution in [0.4, 0.5) is 17.1 Å². The number of anilines is 3. The van der Waals surface area contributed by atoms with Crippen LogP contribution in [-0.2, 0) is 5.41 Å². The molecule has 7 aromatic carbocycles. The molecule has 252 valence electrons. The highest BCUT2D eigenvalue weighted by atomic mass is 32.1. The monoisotopic (exact) mass is 698 g/mol. The van der Waals surface area contributed by atoms with E-state index in [-0.39, 0.29) is 5.41 Å². The lowest BCUT2D eigenvalue weighted by atomic mass is 9.82. The SMILES string of the molecule is CC1(C)c2ccccc2-c2c(N(c3ccccc3)c3ccc4c(c3)sc3cccc(-c5nc(-c6ccccc6)nc(-c6ccccc6)n5)c34)cccc21. The van der Waals surface area contributed by atoms with Crippen LogP contribution in [-0.4, -0.2) is 15.0 Å². The van der Waals surface area contributed by atoms with Crippen molar-refractivity contribution >= 4 is 48.6 Å². The Hall–Kier alpha value is -6.43. The van der Waals surface area contributed by atoms with Crippen molar-refractivity contribution in [3.63, 3.8) is 0 Å². The number of fused-ring (bicyclic) bond motifs is 6. The molecule has 0 saturated heterocycles. The van der Waals surface area contributed by atoms with E-state index >= 15 is 0 Å². The number of nitrogens with zero attached hydrogens (tertiary/aromatic N) is 4. The number of hydrogen-bond donors (Lipinski definition) is 0. The summed E-state index contributed by atoms with van der Waals surface area (Å²) < 4.78 is 2.40. The lowest BCUT2D eigenvalue weighted by Gasteiger charge is -2.29. The number of benzene rings is 7. The minimum Gasteiger partial charge on any atom is -0.310 e. The van der Waals surface area contributed by atoms with Crippen LogP contribution in [0.5, 0.6) is 0 Å². The summed E-state index contributed by atoms with van der Waals surface area (Å²) in [5, 5.41) is 2.34. The van der Waals surface area contributed by atoms with Crippen LogP contribution >= 0.6 is 11.3 Å². The first-order valence-corrected chi connectivity index (χ1v) is 18.8. The largest absolute Gasteiger partial charge is 0.310 e. The van der Waals surface area contributed by atoms with Crippen molar-refractivity contribution in [2.24, 2.45) is 0 Å². The Morgan fingerprint density at radius 1 is 0.472 bits per heavy atom. The highest BCUT2D eigenvalue weighted by Gasteiger charge is 2.37. The van der Waals surface area contributed by atoms with Gasteiger partial charge in [-0.05, 0) is 53.1 Å². The second-order valence-electron chi connectivity index (χ2n) is 14.0. The van der Waals surface area contributed by atoms with Crippen molar-refractivity contribution in [2.75, 3.05) is 4.90 Å². The summed E-state index contributed by atoms with van der Waals surface area (Å²) in [6.45, 7) is 4.68. The predicted octanol–water partition coefficient (Wildman–Crippen LogP) is 13.0. The highest BCUT2D eigenvalue weighted by molar-refractivity contribution is 7.26. The zero-order valence-corrected chi connectivity index (χ0v) is 30.2. The van der Waals surface area contributed by atoms with Gasteiger partial charge in [0.1, 0.15) is 0 Å². The zero-order chi connectivity index (χ0) is 35.5. The van der Waals surface area contributed by atoms with E-state index in [1.807, 2.05) is 47.7 Å². The molecule has 4 nitrogen and oxygen atoms in total. The van der Waals surface area contributed by atoms with Crippen molar-refractivity contribution < 1.29 is 0 Å². The molecule has 0 saturated carbocycles. The Morgan fingerprint density at radius 3 is 1.77 bits per heavy atom. The minimum absolute atomic E-state index is 0.0914. The summed E-state index contributed by atoms with van der Waals surface area (Å²) in [6, 6.07) is 60.1. The van der Waals surface area contributed by atoms with Crippen molar-refractivity contribution in [3.8, 4) is 45.3 Å². The predicted molar refractivity (Wildman–Crippen MR) is 221 cm³/mol. The van der Waals surface area contributed by atoms with Gasteiger partial charge in [0.05, 0.1) is 5.69 Å². The zero-order valence-electron chi connectivity index (χ0n) is 29.4. The molecule has 10 rings (SSSR count). The third-order valence-electron chi connectivity index (χ3n) is 10.5. The Balaban J connectivity index is 1.16. The van der Waals surface area contributed by atoms with E-state index in [4.69, 9.17) is 15.0 Å². The van der Waals surface area contributed by atoms with E-state index in [1.54, 1.807) is 0 Å². The lowest BCUT2D eigenvalue weighted by molar-refractivity contribution is 0.660. The molecule has 5 heteroatoms. The van der Waals surface area contributed by atoms with Gasteiger partial charge < -0.3 is 4.90 Å². The standard InChI is InChI=1S/C48H34N4S/c1-48(2)38-24-13-12-22-35(38)44-39(48)25-15-26-40(44)52(33-20-10-5-11-21-33)34-28-29-36-42(30-34)53-41-27-14-23-37(43(36)41)47-50-45(31-16-6-3-7-17-31)49-46(51-47)32-18-8-4-9-19-32/h3-30H,1-2H3. The van der Waals surface area contributed by atoms with E-state index in [1.165, 1.54) is 42.7 Å². The number of rotatable bonds is 6. The summed E-state index contributed by atoms with van der Waals surface area (Å²) in [6.07, 6.45) is 0. The fourth-order valence-electron chi connectivity index (χ4n) is 7.99. The van der Waals surface area contributed by atoms with Gasteiger partial charge in [-0.1, -0.05) is 147 Å². The van der Waals surface area contributed by atoms with Crippen molar-refractivity contribution in [2.45, 2.75) is 19.3 Å². The fourth-order valence-corrected chi connectivity index (χ4v) is 9.16. The Labute approximate surface area is 312 Å². The van der Waals surface area contributed by atoms with Gasteiger partial charge in [-0.15, -0.1) is 11.3 Å². The van der Waals surface area contributed by atoms with Gasteiger partial charge in [0, 0.05) is 59.2 Å². The molecule has 0 spiro atoms. The van der Waals surface area contributed by atoms with Gasteiger partial charge in [0.2, 0.25) is 0 Å². The van der Waals surface area contributed by atoms with Crippen LogP contribution in [0.2, 0.25) is 0 Å². The molecule has 0 fully saturated rings. The molecule has 2 heterocycles. The van der Waals surface area contributed by atoms with Crippen molar-refractivity contribution in [3.05, 3.63) is 181 Å². The normalized spacial score (nSPS) is 12.9. The van der Waals surface area contributed by atoms with E-state index in [0.29, 0.717) is 17.5 Å². The fraction of sp³-hybridized carbons (Fsp3) is 0.0625. The van der Waals surface area contributed by atoms with Crippen LogP contribution < -0.4 is 4.90 Å². The second-order valence-corrected chi connectivity index (χ2v) is 15.1. The maximum Gasteiger partial charge on any atom is 0.164 e. The van der Waals surface area contributed by atoms with Crippen LogP contribution in [0.1, 0.15) is 25.0 Å². The summed E-state index contributed by atoms with van der Waals surface area (Å²) in [5.74, 6) is 1.98. The Kier molecular flexibility index (Phi) is 7.31. The summed E-state index contributed by atoms with van der Waals surface area (Å²) in [4.78, 5) is 17.6. The quantitative estimate of drug-likeness (QED) is 0.173. The van der Waals surface area contributed by atoms with E-state index in [0.717, 1.165) is 33.5 Å². The van der Waals surface area contributed by atoms with Crippen molar-refractivity contribution in [1.29, 1.82) is 0 Å². The molecule has 0 atom stereocenters. The van der Waals surface area contributed by atoms with Crippen LogP contribution in [0.15, 0.2) is 170 Å². The topological polar surface area (TPSA) is 41.9 Å². The molecule has 0 aliphatic heterocycles. The molecule has 53 heavy (non-hydrogen) atoms. The molecule has 2 aromatic heterocycles. The average Bonchev–Trinajstić information content (AvgIpc) is 3.71. The van der Waals surface area contributed by atoms with E-state index in [2.05, 4.69) is 152 Å². The van der Waals surface area contributed by atoms with Crippen LogP contribution in [0, 0.1) is 0 Å². The Bertz CT molecular complexity index is 2750. The number of para-hydroxylation sites is 1. The van der Waals surface area contributed by atoms with Gasteiger partial charge in [-0.2, -0.15) is 0 Å². The third kappa shape index (κ3) is 5.15. The first kappa shape index (κ1) is 31.3.